The second-order valence-corrected chi connectivity index (χ2v) is 4.96. The van der Waals surface area contributed by atoms with Gasteiger partial charge < -0.3 is 0 Å². The summed E-state index contributed by atoms with van der Waals surface area (Å²) in [7, 11) is 0. The molecular formula is C14H24O2. The Kier molecular flexibility index (Phi) is 6.36. The highest BCUT2D eigenvalue weighted by Crippen LogP contribution is 2.23. The normalized spacial score (nSPS) is 21.4. The van der Waals surface area contributed by atoms with Crippen LogP contribution in [-0.4, -0.2) is 11.6 Å². The molecule has 1 saturated carbocycles. The zero-order chi connectivity index (χ0) is 11.8. The molecule has 1 fully saturated rings. The van der Waals surface area contributed by atoms with Crippen molar-refractivity contribution in [1.29, 1.82) is 0 Å². The molecule has 0 aromatic carbocycles. The lowest BCUT2D eigenvalue weighted by Gasteiger charge is -2.19. The molecule has 2 heteroatoms. The number of carbonyl (C=O) groups is 2. The summed E-state index contributed by atoms with van der Waals surface area (Å²) in [5.41, 5.74) is 0. The summed E-state index contributed by atoms with van der Waals surface area (Å²) in [6.45, 7) is 2.21. The molecule has 2 nitrogen and oxygen atoms in total. The summed E-state index contributed by atoms with van der Waals surface area (Å²) in [5.74, 6) is 0.677. The van der Waals surface area contributed by atoms with E-state index in [2.05, 4.69) is 6.92 Å². The molecule has 0 aromatic heterocycles. The molecule has 92 valence electrons. The van der Waals surface area contributed by atoms with E-state index in [1.165, 1.54) is 32.1 Å². The minimum atomic E-state index is 0.0624. The van der Waals surface area contributed by atoms with E-state index in [0.29, 0.717) is 25.0 Å². The van der Waals surface area contributed by atoms with Gasteiger partial charge in [-0.3, -0.25) is 9.59 Å². The maximum absolute atomic E-state index is 11.6. The zero-order valence-corrected chi connectivity index (χ0v) is 10.5. The zero-order valence-electron chi connectivity index (χ0n) is 10.5. The first-order valence-electron chi connectivity index (χ1n) is 6.78. The van der Waals surface area contributed by atoms with Gasteiger partial charge in [-0.2, -0.15) is 0 Å². The standard InChI is InChI=1S/C14H24O2/c1-2-3-4-5-6-7-8-12-11-13(15)9-10-14(12)16/h12H,2-11H2,1H3. The van der Waals surface area contributed by atoms with Crippen molar-refractivity contribution in [3.05, 3.63) is 0 Å². The molecule has 0 radical (unpaired) electrons. The second kappa shape index (κ2) is 7.59. The lowest BCUT2D eigenvalue weighted by molar-refractivity contribution is -0.133. The highest BCUT2D eigenvalue weighted by atomic mass is 16.1. The summed E-state index contributed by atoms with van der Waals surface area (Å²) < 4.78 is 0. The average molecular weight is 224 g/mol. The third kappa shape index (κ3) is 4.91. The average Bonchev–Trinajstić information content (AvgIpc) is 2.28. The first-order chi connectivity index (χ1) is 7.74. The maximum atomic E-state index is 11.6. The monoisotopic (exact) mass is 224 g/mol. The van der Waals surface area contributed by atoms with E-state index in [9.17, 15) is 9.59 Å². The largest absolute Gasteiger partial charge is 0.300 e. The van der Waals surface area contributed by atoms with Crippen molar-refractivity contribution in [3.63, 3.8) is 0 Å². The minimum absolute atomic E-state index is 0.0624. The van der Waals surface area contributed by atoms with Gasteiger partial charge in [0.2, 0.25) is 0 Å². The van der Waals surface area contributed by atoms with Crippen LogP contribution in [0.3, 0.4) is 0 Å². The Morgan fingerprint density at radius 1 is 1.00 bits per heavy atom. The van der Waals surface area contributed by atoms with Gasteiger partial charge in [-0.25, -0.2) is 0 Å². The van der Waals surface area contributed by atoms with Crippen LogP contribution in [0.1, 0.15) is 71.1 Å². The number of rotatable bonds is 7. The number of hydrogen-bond donors (Lipinski definition) is 0. The SMILES string of the molecule is CCCCCCCCC1CC(=O)CCC1=O. The number of hydrogen-bond acceptors (Lipinski definition) is 2. The van der Waals surface area contributed by atoms with Crippen molar-refractivity contribution < 1.29 is 9.59 Å². The first-order valence-corrected chi connectivity index (χ1v) is 6.78. The molecule has 1 atom stereocenters. The van der Waals surface area contributed by atoms with E-state index in [1.807, 2.05) is 0 Å². The summed E-state index contributed by atoms with van der Waals surface area (Å²) in [5, 5.41) is 0. The van der Waals surface area contributed by atoms with Gasteiger partial charge in [0.15, 0.2) is 0 Å². The molecule has 1 unspecified atom stereocenters. The van der Waals surface area contributed by atoms with Gasteiger partial charge in [-0.1, -0.05) is 45.4 Å². The van der Waals surface area contributed by atoms with Crippen LogP contribution in [0.4, 0.5) is 0 Å². The van der Waals surface area contributed by atoms with E-state index in [0.717, 1.165) is 12.8 Å². The van der Waals surface area contributed by atoms with Crippen LogP contribution in [0.15, 0.2) is 0 Å². The summed E-state index contributed by atoms with van der Waals surface area (Å²) >= 11 is 0. The second-order valence-electron chi connectivity index (χ2n) is 4.96. The van der Waals surface area contributed by atoms with Crippen molar-refractivity contribution in [1.82, 2.24) is 0 Å². The molecular weight excluding hydrogens is 200 g/mol. The third-order valence-electron chi connectivity index (χ3n) is 3.49. The van der Waals surface area contributed by atoms with E-state index in [1.54, 1.807) is 0 Å². The smallest absolute Gasteiger partial charge is 0.136 e. The van der Waals surface area contributed by atoms with Crippen LogP contribution in [0.2, 0.25) is 0 Å². The molecule has 1 aliphatic rings. The molecule has 0 bridgehead atoms. The first kappa shape index (κ1) is 13.4. The minimum Gasteiger partial charge on any atom is -0.300 e. The number of unbranched alkanes of at least 4 members (excludes halogenated alkanes) is 5. The molecule has 1 aliphatic carbocycles. The predicted molar refractivity (Wildman–Crippen MR) is 65.3 cm³/mol. The molecule has 0 saturated heterocycles. The molecule has 0 heterocycles. The Balaban J connectivity index is 2.07. The van der Waals surface area contributed by atoms with E-state index in [4.69, 9.17) is 0 Å². The Labute approximate surface area is 98.8 Å². The Morgan fingerprint density at radius 2 is 1.69 bits per heavy atom. The van der Waals surface area contributed by atoms with Crippen molar-refractivity contribution >= 4 is 11.6 Å². The molecule has 16 heavy (non-hydrogen) atoms. The van der Waals surface area contributed by atoms with Crippen LogP contribution >= 0.6 is 0 Å². The van der Waals surface area contributed by atoms with Crippen LogP contribution in [0.5, 0.6) is 0 Å². The summed E-state index contributed by atoms with van der Waals surface area (Å²) in [6, 6.07) is 0. The summed E-state index contributed by atoms with van der Waals surface area (Å²) in [6.07, 6.45) is 9.98. The maximum Gasteiger partial charge on any atom is 0.136 e. The van der Waals surface area contributed by atoms with Gasteiger partial charge in [0.05, 0.1) is 0 Å². The molecule has 1 rings (SSSR count). The fourth-order valence-electron chi connectivity index (χ4n) is 2.39. The van der Waals surface area contributed by atoms with E-state index < -0.39 is 0 Å². The lowest BCUT2D eigenvalue weighted by Crippen LogP contribution is -2.24. The molecule has 0 aliphatic heterocycles. The van der Waals surface area contributed by atoms with E-state index in [-0.39, 0.29) is 11.7 Å². The van der Waals surface area contributed by atoms with Crippen molar-refractivity contribution in [2.45, 2.75) is 71.1 Å². The van der Waals surface area contributed by atoms with Gasteiger partial charge >= 0.3 is 0 Å². The number of ketones is 2. The van der Waals surface area contributed by atoms with Gasteiger partial charge in [0.1, 0.15) is 11.6 Å². The Hall–Kier alpha value is -0.660. The highest BCUT2D eigenvalue weighted by molar-refractivity contribution is 5.94. The number of Topliss-reactive ketones (excluding diaryl/α,β-unsaturated/α-hetero) is 2. The van der Waals surface area contributed by atoms with Gasteiger partial charge in [-0.15, -0.1) is 0 Å². The van der Waals surface area contributed by atoms with Crippen LogP contribution < -0.4 is 0 Å². The van der Waals surface area contributed by atoms with Crippen molar-refractivity contribution in [3.8, 4) is 0 Å². The van der Waals surface area contributed by atoms with Crippen LogP contribution in [0, 0.1) is 5.92 Å². The fraction of sp³-hybridized carbons (Fsp3) is 0.857. The van der Waals surface area contributed by atoms with Gasteiger partial charge in [0, 0.05) is 25.2 Å². The third-order valence-corrected chi connectivity index (χ3v) is 3.49. The van der Waals surface area contributed by atoms with Crippen LogP contribution in [-0.2, 0) is 9.59 Å². The lowest BCUT2D eigenvalue weighted by atomic mass is 9.83. The molecule has 0 N–H and O–H groups in total. The van der Waals surface area contributed by atoms with Crippen molar-refractivity contribution in [2.24, 2.45) is 5.92 Å². The fourth-order valence-corrected chi connectivity index (χ4v) is 2.39. The number of carbonyl (C=O) groups excluding carboxylic acids is 2. The molecule has 0 amide bonds. The Morgan fingerprint density at radius 3 is 2.44 bits per heavy atom. The van der Waals surface area contributed by atoms with Gasteiger partial charge in [0.25, 0.3) is 0 Å². The van der Waals surface area contributed by atoms with Crippen molar-refractivity contribution in [2.75, 3.05) is 0 Å². The Bertz CT molecular complexity index is 233. The predicted octanol–water partition coefficient (Wildman–Crippen LogP) is 3.68. The van der Waals surface area contributed by atoms with Gasteiger partial charge in [-0.05, 0) is 6.42 Å². The van der Waals surface area contributed by atoms with Crippen LogP contribution in [0.25, 0.3) is 0 Å². The topological polar surface area (TPSA) is 34.1 Å². The molecule has 0 spiro atoms. The highest BCUT2D eigenvalue weighted by Gasteiger charge is 2.26. The quantitative estimate of drug-likeness (QED) is 0.618. The summed E-state index contributed by atoms with van der Waals surface area (Å²) in [4.78, 5) is 22.8. The van der Waals surface area contributed by atoms with E-state index >= 15 is 0 Å². The molecule has 0 aromatic rings.